The zero-order valence-corrected chi connectivity index (χ0v) is 18.3. The van der Waals surface area contributed by atoms with Crippen molar-refractivity contribution in [2.24, 2.45) is 5.92 Å². The topological polar surface area (TPSA) is 72.6 Å². The summed E-state index contributed by atoms with van der Waals surface area (Å²) in [6.45, 7) is 9.09. The largest absolute Gasteiger partial charge is 0.449 e. The zero-order chi connectivity index (χ0) is 21.0. The molecule has 3 rings (SSSR count). The molecule has 0 aliphatic carbocycles. The first kappa shape index (κ1) is 21.4. The summed E-state index contributed by atoms with van der Waals surface area (Å²) in [5, 5.41) is 3.97. The number of hydrogen-bond acceptors (Lipinski definition) is 6. The number of carbonyl (C=O) groups excluding carboxylic acids is 2. The SMILES string of the molecule is Cc1noc(C)c1CSc1ccccc1C(=O)O[C@@H](C)C(=O)N1CCC(C)CC1. The first-order chi connectivity index (χ1) is 13.9. The van der Waals surface area contributed by atoms with Crippen LogP contribution in [-0.4, -0.2) is 41.1 Å². The van der Waals surface area contributed by atoms with Gasteiger partial charge in [0.2, 0.25) is 0 Å². The molecular formula is C22H28N2O4S. The molecule has 1 aliphatic heterocycles. The number of hydrogen-bond donors (Lipinski definition) is 0. The van der Waals surface area contributed by atoms with E-state index in [4.69, 9.17) is 9.26 Å². The smallest absolute Gasteiger partial charge is 0.340 e. The van der Waals surface area contributed by atoms with Crippen LogP contribution in [0, 0.1) is 19.8 Å². The maximum atomic E-state index is 12.8. The number of aromatic nitrogens is 1. The first-order valence-corrected chi connectivity index (χ1v) is 11.0. The molecule has 2 heterocycles. The monoisotopic (exact) mass is 416 g/mol. The van der Waals surface area contributed by atoms with Crippen molar-refractivity contribution < 1.29 is 18.8 Å². The standard InChI is InChI=1S/C22H28N2O4S/c1-14-9-11-24(12-10-14)21(25)17(4)27-22(26)18-7-5-6-8-20(18)29-13-19-15(2)23-28-16(19)3/h5-8,14,17H,9-13H2,1-4H3/t17-/m0/s1. The fourth-order valence-electron chi connectivity index (χ4n) is 3.38. The van der Waals surface area contributed by atoms with Gasteiger partial charge in [-0.3, -0.25) is 4.79 Å². The van der Waals surface area contributed by atoms with Crippen LogP contribution in [0.15, 0.2) is 33.7 Å². The fourth-order valence-corrected chi connectivity index (χ4v) is 4.57. The van der Waals surface area contributed by atoms with Crippen molar-refractivity contribution in [3.05, 3.63) is 46.8 Å². The van der Waals surface area contributed by atoms with Crippen LogP contribution in [0.5, 0.6) is 0 Å². The second-order valence-corrected chi connectivity index (χ2v) is 8.66. The van der Waals surface area contributed by atoms with Crippen molar-refractivity contribution in [2.75, 3.05) is 13.1 Å². The molecule has 0 radical (unpaired) electrons. The molecule has 7 heteroatoms. The minimum atomic E-state index is -0.795. The van der Waals surface area contributed by atoms with Gasteiger partial charge in [-0.1, -0.05) is 24.2 Å². The minimum absolute atomic E-state index is 0.119. The van der Waals surface area contributed by atoms with Crippen molar-refractivity contribution in [3.63, 3.8) is 0 Å². The lowest BCUT2D eigenvalue weighted by molar-refractivity contribution is -0.141. The Morgan fingerprint density at radius 1 is 1.28 bits per heavy atom. The number of ether oxygens (including phenoxy) is 1. The van der Waals surface area contributed by atoms with Gasteiger partial charge in [0, 0.05) is 29.3 Å². The van der Waals surface area contributed by atoms with Crippen LogP contribution in [0.4, 0.5) is 0 Å². The lowest BCUT2D eigenvalue weighted by atomic mass is 9.99. The second kappa shape index (κ2) is 9.48. The molecule has 0 unspecified atom stereocenters. The highest BCUT2D eigenvalue weighted by molar-refractivity contribution is 7.98. The van der Waals surface area contributed by atoms with Crippen LogP contribution in [-0.2, 0) is 15.3 Å². The average Bonchev–Trinajstić information content (AvgIpc) is 3.04. The molecule has 1 aromatic heterocycles. The van der Waals surface area contributed by atoms with E-state index in [9.17, 15) is 9.59 Å². The summed E-state index contributed by atoms with van der Waals surface area (Å²) in [5.41, 5.74) is 2.35. The molecule has 6 nitrogen and oxygen atoms in total. The van der Waals surface area contributed by atoms with Gasteiger partial charge in [0.25, 0.3) is 5.91 Å². The van der Waals surface area contributed by atoms with Crippen LogP contribution >= 0.6 is 11.8 Å². The molecular weight excluding hydrogens is 388 g/mol. The lowest BCUT2D eigenvalue weighted by Gasteiger charge is -2.31. The highest BCUT2D eigenvalue weighted by atomic mass is 32.2. The number of amides is 1. The molecule has 1 aromatic carbocycles. The van der Waals surface area contributed by atoms with Gasteiger partial charge < -0.3 is 14.2 Å². The van der Waals surface area contributed by atoms with Gasteiger partial charge in [-0.25, -0.2) is 4.79 Å². The Bertz CT molecular complexity index is 852. The third-order valence-corrected chi connectivity index (χ3v) is 6.49. The average molecular weight is 417 g/mol. The number of thioether (sulfide) groups is 1. The molecule has 1 saturated heterocycles. The number of piperidine rings is 1. The second-order valence-electron chi connectivity index (χ2n) is 7.64. The number of nitrogens with zero attached hydrogens (tertiary/aromatic N) is 2. The predicted molar refractivity (Wildman–Crippen MR) is 112 cm³/mol. The van der Waals surface area contributed by atoms with Gasteiger partial charge in [-0.2, -0.15) is 0 Å². The molecule has 0 bridgehead atoms. The van der Waals surface area contributed by atoms with Crippen LogP contribution in [0.1, 0.15) is 54.1 Å². The van der Waals surface area contributed by atoms with Gasteiger partial charge in [-0.15, -0.1) is 11.8 Å². The van der Waals surface area contributed by atoms with Crippen molar-refractivity contribution in [2.45, 2.75) is 57.3 Å². The number of benzene rings is 1. The van der Waals surface area contributed by atoms with Crippen LogP contribution in [0.3, 0.4) is 0 Å². The maximum absolute atomic E-state index is 12.8. The number of aryl methyl sites for hydroxylation is 2. The van der Waals surface area contributed by atoms with E-state index in [1.807, 2.05) is 26.0 Å². The Morgan fingerprint density at radius 3 is 2.62 bits per heavy atom. The quantitative estimate of drug-likeness (QED) is 0.514. The maximum Gasteiger partial charge on any atom is 0.340 e. The van der Waals surface area contributed by atoms with Crippen molar-refractivity contribution >= 4 is 23.6 Å². The Hall–Kier alpha value is -2.28. The molecule has 2 aromatic rings. The Balaban J connectivity index is 1.64. The van der Waals surface area contributed by atoms with Gasteiger partial charge in [-0.05, 0) is 51.7 Å². The summed E-state index contributed by atoms with van der Waals surface area (Å²) in [5.74, 6) is 1.47. The van der Waals surface area contributed by atoms with Gasteiger partial charge >= 0.3 is 5.97 Å². The number of esters is 1. The summed E-state index contributed by atoms with van der Waals surface area (Å²) < 4.78 is 10.7. The summed E-state index contributed by atoms with van der Waals surface area (Å²) in [6.07, 6.45) is 1.19. The van der Waals surface area contributed by atoms with E-state index in [1.54, 1.807) is 24.0 Å². The molecule has 1 atom stereocenters. The minimum Gasteiger partial charge on any atom is -0.449 e. The van der Waals surface area contributed by atoms with Gasteiger partial charge in [0.1, 0.15) is 5.76 Å². The molecule has 29 heavy (non-hydrogen) atoms. The predicted octanol–water partition coefficient (Wildman–Crippen LogP) is 4.39. The number of likely N-dealkylation sites (tertiary alicyclic amines) is 1. The number of rotatable bonds is 6. The molecule has 1 amide bonds. The van der Waals surface area contributed by atoms with E-state index in [-0.39, 0.29) is 5.91 Å². The third-order valence-electron chi connectivity index (χ3n) is 5.39. The van der Waals surface area contributed by atoms with Crippen molar-refractivity contribution in [1.29, 1.82) is 0 Å². The third kappa shape index (κ3) is 5.21. The van der Waals surface area contributed by atoms with E-state index in [2.05, 4.69) is 12.1 Å². The molecule has 0 spiro atoms. The molecule has 0 N–H and O–H groups in total. The summed E-state index contributed by atoms with van der Waals surface area (Å²) in [7, 11) is 0. The normalized spacial score (nSPS) is 15.9. The molecule has 0 saturated carbocycles. The summed E-state index contributed by atoms with van der Waals surface area (Å²) in [6, 6.07) is 7.31. The van der Waals surface area contributed by atoms with E-state index >= 15 is 0 Å². The van der Waals surface area contributed by atoms with E-state index < -0.39 is 12.1 Å². The zero-order valence-electron chi connectivity index (χ0n) is 17.4. The van der Waals surface area contributed by atoms with Gasteiger partial charge in [0.05, 0.1) is 11.3 Å². The van der Waals surface area contributed by atoms with Crippen molar-refractivity contribution in [1.82, 2.24) is 10.1 Å². The first-order valence-electron chi connectivity index (χ1n) is 10.00. The Morgan fingerprint density at radius 2 is 1.97 bits per heavy atom. The summed E-state index contributed by atoms with van der Waals surface area (Å²) in [4.78, 5) is 28.0. The van der Waals surface area contributed by atoms with Crippen molar-refractivity contribution in [3.8, 4) is 0 Å². The molecule has 1 aliphatic rings. The van der Waals surface area contributed by atoms with Crippen LogP contribution in [0.25, 0.3) is 0 Å². The lowest BCUT2D eigenvalue weighted by Crippen LogP contribution is -2.44. The summed E-state index contributed by atoms with van der Waals surface area (Å²) >= 11 is 1.53. The highest BCUT2D eigenvalue weighted by Gasteiger charge is 2.27. The van der Waals surface area contributed by atoms with Crippen LogP contribution < -0.4 is 0 Å². The van der Waals surface area contributed by atoms with E-state index in [1.165, 1.54) is 11.8 Å². The van der Waals surface area contributed by atoms with Crippen LogP contribution in [0.2, 0.25) is 0 Å². The Labute approximate surface area is 176 Å². The van der Waals surface area contributed by atoms with E-state index in [0.717, 1.165) is 47.8 Å². The molecule has 156 valence electrons. The number of carbonyl (C=O) groups is 2. The fraction of sp³-hybridized carbons (Fsp3) is 0.500. The van der Waals surface area contributed by atoms with Gasteiger partial charge in [0.15, 0.2) is 6.10 Å². The highest BCUT2D eigenvalue weighted by Crippen LogP contribution is 2.29. The van der Waals surface area contributed by atoms with E-state index in [0.29, 0.717) is 17.2 Å². The molecule has 1 fully saturated rings. The Kier molecular flexibility index (Phi) is 7.00.